The van der Waals surface area contributed by atoms with E-state index in [0.29, 0.717) is 16.3 Å². The van der Waals surface area contributed by atoms with Crippen molar-refractivity contribution in [2.45, 2.75) is 69.7 Å². The fourth-order valence-corrected chi connectivity index (χ4v) is 7.12. The number of nitrogens with two attached hydrogens (primary N) is 1. The van der Waals surface area contributed by atoms with E-state index in [1.807, 2.05) is 12.1 Å². The van der Waals surface area contributed by atoms with Crippen LogP contribution in [0.4, 0.5) is 0 Å². The number of benzene rings is 2. The molecule has 5 nitrogen and oxygen atoms in total. The molecular formula is C29H35ClN4O. The van der Waals surface area contributed by atoms with Crippen molar-refractivity contribution in [1.29, 1.82) is 0 Å². The largest absolute Gasteiger partial charge is 0.330 e. The van der Waals surface area contributed by atoms with E-state index in [0.717, 1.165) is 35.5 Å². The van der Waals surface area contributed by atoms with Gasteiger partial charge in [0.25, 0.3) is 5.56 Å². The fourth-order valence-electron chi connectivity index (χ4n) is 6.87. The van der Waals surface area contributed by atoms with Gasteiger partial charge < -0.3 is 10.6 Å². The smallest absolute Gasteiger partial charge is 0.282 e. The first-order valence-electron chi connectivity index (χ1n) is 13.2. The zero-order valence-electron chi connectivity index (χ0n) is 20.8. The summed E-state index contributed by atoms with van der Waals surface area (Å²) in [5.41, 5.74) is 9.92. The van der Waals surface area contributed by atoms with E-state index in [1.165, 1.54) is 62.7 Å². The second kappa shape index (κ2) is 8.72. The summed E-state index contributed by atoms with van der Waals surface area (Å²) in [6, 6.07) is 13.4. The molecule has 184 valence electrons. The lowest BCUT2D eigenvalue weighted by molar-refractivity contribution is 0.108. The van der Waals surface area contributed by atoms with Gasteiger partial charge in [-0.25, -0.2) is 0 Å². The molecule has 6 rings (SSSR count). The Kier molecular flexibility index (Phi) is 5.78. The Morgan fingerprint density at radius 2 is 1.80 bits per heavy atom. The average molecular weight is 491 g/mol. The Hall–Kier alpha value is -2.21. The molecule has 2 N–H and O–H groups in total. The molecule has 35 heavy (non-hydrogen) atoms. The quantitative estimate of drug-likeness (QED) is 0.535. The SMILES string of the molecule is CC1(C)c2ccc(C3CCN(C4CCC(CN)CC4)CC3)cc2-n2c1nc(=O)c1c(Cl)cccc12. The third kappa shape index (κ3) is 3.75. The number of likely N-dealkylation sites (tertiary alicyclic amines) is 1. The maximum absolute atomic E-state index is 12.9. The van der Waals surface area contributed by atoms with E-state index in [-0.39, 0.29) is 11.0 Å². The Labute approximate surface area is 212 Å². The van der Waals surface area contributed by atoms with E-state index in [1.54, 1.807) is 6.07 Å². The molecule has 0 unspecified atom stereocenters. The number of hydrogen-bond donors (Lipinski definition) is 1. The second-order valence-corrected chi connectivity index (χ2v) is 11.7. The monoisotopic (exact) mass is 490 g/mol. The van der Waals surface area contributed by atoms with Gasteiger partial charge in [-0.1, -0.05) is 29.8 Å². The van der Waals surface area contributed by atoms with Crippen LogP contribution >= 0.6 is 11.6 Å². The molecule has 0 atom stereocenters. The van der Waals surface area contributed by atoms with Gasteiger partial charge in [-0.15, -0.1) is 0 Å². The molecule has 0 bridgehead atoms. The summed E-state index contributed by atoms with van der Waals surface area (Å²) in [7, 11) is 0. The summed E-state index contributed by atoms with van der Waals surface area (Å²) in [6.07, 6.45) is 7.57. The minimum absolute atomic E-state index is 0.245. The lowest BCUT2D eigenvalue weighted by Gasteiger charge is -2.41. The maximum Gasteiger partial charge on any atom is 0.282 e. The van der Waals surface area contributed by atoms with Crippen molar-refractivity contribution in [3.05, 3.63) is 68.7 Å². The summed E-state index contributed by atoms with van der Waals surface area (Å²) >= 11 is 6.44. The number of nitrogens with zero attached hydrogens (tertiary/aromatic N) is 3. The molecule has 1 saturated heterocycles. The Morgan fingerprint density at radius 1 is 1.06 bits per heavy atom. The Morgan fingerprint density at radius 3 is 2.51 bits per heavy atom. The molecule has 1 aliphatic carbocycles. The van der Waals surface area contributed by atoms with Crippen LogP contribution in [0.3, 0.4) is 0 Å². The normalized spacial score (nSPS) is 24.5. The standard InChI is InChI=1S/C29H35ClN4O/c1-29(2)22-11-8-20(19-12-14-33(15-13-19)21-9-6-18(17-31)7-10-21)16-25(22)34-24-5-3-4-23(30)26(24)27(35)32-28(29)34/h3-5,8,11,16,18-19,21H,6-7,9-10,12-15,17,31H2,1-2H3. The maximum atomic E-state index is 12.9. The molecule has 2 fully saturated rings. The Balaban J connectivity index is 1.30. The summed E-state index contributed by atoms with van der Waals surface area (Å²) in [4.78, 5) is 20.2. The van der Waals surface area contributed by atoms with Crippen molar-refractivity contribution >= 4 is 22.5 Å². The zero-order valence-corrected chi connectivity index (χ0v) is 21.5. The zero-order chi connectivity index (χ0) is 24.3. The first kappa shape index (κ1) is 23.2. The third-order valence-corrected chi connectivity index (χ3v) is 9.34. The number of rotatable bonds is 3. The van der Waals surface area contributed by atoms with Crippen LogP contribution in [-0.4, -0.2) is 40.1 Å². The fraction of sp³-hybridized carbons (Fsp3) is 0.517. The molecule has 3 heterocycles. The number of aromatic nitrogens is 2. The van der Waals surface area contributed by atoms with Gasteiger partial charge in [0.2, 0.25) is 0 Å². The highest BCUT2D eigenvalue weighted by atomic mass is 35.5. The second-order valence-electron chi connectivity index (χ2n) is 11.3. The molecule has 1 saturated carbocycles. The van der Waals surface area contributed by atoms with E-state index in [9.17, 15) is 4.79 Å². The highest BCUT2D eigenvalue weighted by Crippen LogP contribution is 2.45. The predicted molar refractivity (Wildman–Crippen MR) is 143 cm³/mol. The van der Waals surface area contributed by atoms with Crippen molar-refractivity contribution < 1.29 is 0 Å². The van der Waals surface area contributed by atoms with E-state index in [2.05, 4.69) is 46.5 Å². The Bertz CT molecular complexity index is 1330. The minimum Gasteiger partial charge on any atom is -0.330 e. The first-order chi connectivity index (χ1) is 16.9. The summed E-state index contributed by atoms with van der Waals surface area (Å²) < 4.78 is 2.17. The summed E-state index contributed by atoms with van der Waals surface area (Å²) in [5, 5.41) is 0.968. The average Bonchev–Trinajstić information content (AvgIpc) is 3.10. The lowest BCUT2D eigenvalue weighted by Crippen LogP contribution is -2.43. The molecule has 0 spiro atoms. The first-order valence-corrected chi connectivity index (χ1v) is 13.6. The molecular weight excluding hydrogens is 456 g/mol. The van der Waals surface area contributed by atoms with Crippen molar-refractivity contribution in [1.82, 2.24) is 14.5 Å². The molecule has 2 aliphatic heterocycles. The highest BCUT2D eigenvalue weighted by Gasteiger charge is 2.39. The molecule has 0 amide bonds. The number of fused-ring (bicyclic) bond motifs is 5. The topological polar surface area (TPSA) is 64.2 Å². The van der Waals surface area contributed by atoms with Crippen LogP contribution in [0.2, 0.25) is 5.02 Å². The molecule has 2 aromatic carbocycles. The number of halogens is 1. The minimum atomic E-state index is -0.338. The number of piperidine rings is 1. The molecule has 3 aromatic rings. The van der Waals surface area contributed by atoms with E-state index in [4.69, 9.17) is 17.3 Å². The van der Waals surface area contributed by atoms with Gasteiger partial charge in [-0.05, 0) is 113 Å². The van der Waals surface area contributed by atoms with Crippen LogP contribution < -0.4 is 11.3 Å². The lowest BCUT2D eigenvalue weighted by atomic mass is 9.81. The highest BCUT2D eigenvalue weighted by molar-refractivity contribution is 6.35. The van der Waals surface area contributed by atoms with Gasteiger partial charge in [0, 0.05) is 6.04 Å². The van der Waals surface area contributed by atoms with Crippen molar-refractivity contribution in [3.63, 3.8) is 0 Å². The van der Waals surface area contributed by atoms with Gasteiger partial charge in [0.1, 0.15) is 5.82 Å². The van der Waals surface area contributed by atoms with Gasteiger partial charge >= 0.3 is 0 Å². The van der Waals surface area contributed by atoms with Crippen molar-refractivity contribution in [2.24, 2.45) is 11.7 Å². The molecule has 6 heteroatoms. The number of hydrogen-bond acceptors (Lipinski definition) is 4. The van der Waals surface area contributed by atoms with Crippen LogP contribution in [-0.2, 0) is 5.41 Å². The van der Waals surface area contributed by atoms with Gasteiger partial charge in [0.05, 0.1) is 27.0 Å². The van der Waals surface area contributed by atoms with Crippen LogP contribution in [0.5, 0.6) is 0 Å². The van der Waals surface area contributed by atoms with Gasteiger partial charge in [0.15, 0.2) is 0 Å². The summed E-state index contributed by atoms with van der Waals surface area (Å²) in [5.74, 6) is 2.09. The van der Waals surface area contributed by atoms with E-state index >= 15 is 0 Å². The summed E-state index contributed by atoms with van der Waals surface area (Å²) in [6.45, 7) is 7.51. The molecule has 3 aliphatic rings. The van der Waals surface area contributed by atoms with E-state index < -0.39 is 0 Å². The van der Waals surface area contributed by atoms with Crippen LogP contribution in [0.1, 0.15) is 75.2 Å². The van der Waals surface area contributed by atoms with Crippen LogP contribution in [0, 0.1) is 5.92 Å². The van der Waals surface area contributed by atoms with Crippen LogP contribution in [0.25, 0.3) is 16.6 Å². The van der Waals surface area contributed by atoms with Gasteiger partial charge in [-0.2, -0.15) is 4.98 Å². The van der Waals surface area contributed by atoms with Crippen molar-refractivity contribution in [2.75, 3.05) is 19.6 Å². The predicted octanol–water partition coefficient (Wildman–Crippen LogP) is 5.38. The van der Waals surface area contributed by atoms with Crippen LogP contribution in [0.15, 0.2) is 41.2 Å². The third-order valence-electron chi connectivity index (χ3n) is 9.03. The van der Waals surface area contributed by atoms with Gasteiger partial charge in [-0.3, -0.25) is 9.36 Å². The molecule has 0 radical (unpaired) electrons. The molecule has 1 aromatic heterocycles. The van der Waals surface area contributed by atoms with Crippen molar-refractivity contribution in [3.8, 4) is 5.69 Å².